The van der Waals surface area contributed by atoms with Crippen molar-refractivity contribution in [3.63, 3.8) is 0 Å². The normalized spacial score (nSPS) is 22.2. The summed E-state index contributed by atoms with van der Waals surface area (Å²) in [7, 11) is 0. The Labute approximate surface area is 132 Å². The number of hydrogen-bond acceptors (Lipinski definition) is 2. The van der Waals surface area contributed by atoms with Crippen molar-refractivity contribution in [2.75, 3.05) is 6.54 Å². The van der Waals surface area contributed by atoms with E-state index in [-0.39, 0.29) is 12.6 Å². The molecule has 1 aromatic heterocycles. The van der Waals surface area contributed by atoms with Crippen molar-refractivity contribution in [3.8, 4) is 0 Å². The predicted octanol–water partition coefficient (Wildman–Crippen LogP) is 2.92. The van der Waals surface area contributed by atoms with Gasteiger partial charge >= 0.3 is 12.2 Å². The highest BCUT2D eigenvalue weighted by atomic mass is 19.4. The minimum Gasteiger partial charge on any atom is -0.334 e. The largest absolute Gasteiger partial charge is 0.408 e. The number of amides is 2. The number of alkyl halides is 3. The van der Waals surface area contributed by atoms with Gasteiger partial charge in [0.05, 0.1) is 6.20 Å². The van der Waals surface area contributed by atoms with E-state index >= 15 is 0 Å². The van der Waals surface area contributed by atoms with Gasteiger partial charge in [0.1, 0.15) is 6.54 Å². The zero-order chi connectivity index (χ0) is 16.4. The third-order valence-corrected chi connectivity index (χ3v) is 4.73. The number of carbonyl (C=O) groups excluding carboxylic acids is 1. The van der Waals surface area contributed by atoms with Crippen molar-refractivity contribution in [2.45, 2.75) is 57.4 Å². The van der Waals surface area contributed by atoms with Gasteiger partial charge in [-0.25, -0.2) is 4.79 Å². The van der Waals surface area contributed by atoms with E-state index < -0.39 is 12.7 Å². The quantitative estimate of drug-likeness (QED) is 0.923. The molecule has 1 N–H and O–H groups in total. The predicted molar refractivity (Wildman–Crippen MR) is 77.6 cm³/mol. The van der Waals surface area contributed by atoms with Crippen molar-refractivity contribution in [2.24, 2.45) is 5.92 Å². The van der Waals surface area contributed by atoms with Gasteiger partial charge in [-0.15, -0.1) is 0 Å². The molecule has 128 valence electrons. The van der Waals surface area contributed by atoms with Crippen molar-refractivity contribution >= 4 is 6.03 Å². The molecule has 1 aliphatic heterocycles. The molecule has 8 heteroatoms. The van der Waals surface area contributed by atoms with E-state index in [9.17, 15) is 18.0 Å². The molecule has 1 saturated carbocycles. The van der Waals surface area contributed by atoms with E-state index in [0.717, 1.165) is 24.1 Å². The lowest BCUT2D eigenvalue weighted by atomic mass is 9.79. The summed E-state index contributed by atoms with van der Waals surface area (Å²) in [6, 6.07) is 0.208. The number of aromatic nitrogens is 2. The van der Waals surface area contributed by atoms with E-state index in [2.05, 4.69) is 10.4 Å². The van der Waals surface area contributed by atoms with Gasteiger partial charge in [0.2, 0.25) is 0 Å². The maximum Gasteiger partial charge on any atom is 0.408 e. The van der Waals surface area contributed by atoms with Gasteiger partial charge in [0.15, 0.2) is 0 Å². The van der Waals surface area contributed by atoms with Crippen LogP contribution in [0.2, 0.25) is 0 Å². The molecule has 1 aromatic rings. The molecule has 2 aliphatic rings. The first-order valence-electron chi connectivity index (χ1n) is 8.05. The summed E-state index contributed by atoms with van der Waals surface area (Å²) < 4.78 is 37.7. The molecule has 0 spiro atoms. The Hall–Kier alpha value is -1.73. The van der Waals surface area contributed by atoms with E-state index in [0.29, 0.717) is 17.5 Å². The summed E-state index contributed by atoms with van der Waals surface area (Å²) in [6.45, 7) is -0.151. The van der Waals surface area contributed by atoms with Gasteiger partial charge in [-0.2, -0.15) is 18.3 Å². The van der Waals surface area contributed by atoms with Crippen LogP contribution in [-0.4, -0.2) is 39.5 Å². The fourth-order valence-corrected chi connectivity index (χ4v) is 3.41. The Morgan fingerprint density at radius 2 is 2.09 bits per heavy atom. The van der Waals surface area contributed by atoms with Crippen molar-refractivity contribution in [1.82, 2.24) is 20.0 Å². The monoisotopic (exact) mass is 330 g/mol. The number of likely N-dealkylation sites (tertiary alicyclic amines) is 1. The molecular formula is C15H21F3N4O. The average Bonchev–Trinajstić information content (AvgIpc) is 3.02. The van der Waals surface area contributed by atoms with Crippen molar-refractivity contribution in [3.05, 3.63) is 18.0 Å². The van der Waals surface area contributed by atoms with E-state index in [1.165, 1.54) is 31.7 Å². The van der Waals surface area contributed by atoms with Crippen LogP contribution in [0.4, 0.5) is 18.0 Å². The molecule has 1 aliphatic carbocycles. The SMILES string of the molecule is O=C(NCc1cnn(CC(F)(F)F)c1)N1CCC[C@H]1C1CCC1. The second-order valence-electron chi connectivity index (χ2n) is 6.41. The fraction of sp³-hybridized carbons (Fsp3) is 0.733. The highest BCUT2D eigenvalue weighted by Crippen LogP contribution is 2.37. The van der Waals surface area contributed by atoms with Gasteiger partial charge in [0.25, 0.3) is 0 Å². The molecule has 0 bridgehead atoms. The molecular weight excluding hydrogens is 309 g/mol. The summed E-state index contributed by atoms with van der Waals surface area (Å²) in [5.74, 6) is 0.623. The second-order valence-corrected chi connectivity index (χ2v) is 6.41. The van der Waals surface area contributed by atoms with Crippen LogP contribution < -0.4 is 5.32 Å². The molecule has 2 fully saturated rings. The lowest BCUT2D eigenvalue weighted by Gasteiger charge is -2.36. The Bertz CT molecular complexity index is 553. The third-order valence-electron chi connectivity index (χ3n) is 4.73. The molecule has 0 aromatic carbocycles. The number of rotatable bonds is 4. The highest BCUT2D eigenvalue weighted by Gasteiger charge is 2.37. The molecule has 5 nitrogen and oxygen atoms in total. The first-order valence-corrected chi connectivity index (χ1v) is 8.05. The smallest absolute Gasteiger partial charge is 0.334 e. The minimum absolute atomic E-state index is 0.122. The zero-order valence-corrected chi connectivity index (χ0v) is 12.9. The highest BCUT2D eigenvalue weighted by molar-refractivity contribution is 5.74. The van der Waals surface area contributed by atoms with Crippen LogP contribution >= 0.6 is 0 Å². The first kappa shape index (κ1) is 16.1. The maximum atomic E-state index is 12.3. The van der Waals surface area contributed by atoms with E-state index in [1.54, 1.807) is 0 Å². The van der Waals surface area contributed by atoms with Gasteiger partial charge < -0.3 is 10.2 Å². The fourth-order valence-electron chi connectivity index (χ4n) is 3.41. The van der Waals surface area contributed by atoms with Crippen LogP contribution in [0.5, 0.6) is 0 Å². The molecule has 23 heavy (non-hydrogen) atoms. The summed E-state index contributed by atoms with van der Waals surface area (Å²) in [4.78, 5) is 14.2. The van der Waals surface area contributed by atoms with Gasteiger partial charge in [-0.05, 0) is 31.6 Å². The van der Waals surface area contributed by atoms with Crippen LogP contribution in [-0.2, 0) is 13.1 Å². The molecule has 1 atom stereocenters. The Morgan fingerprint density at radius 1 is 1.30 bits per heavy atom. The van der Waals surface area contributed by atoms with Crippen LogP contribution in [0.15, 0.2) is 12.4 Å². The molecule has 0 radical (unpaired) electrons. The first-order chi connectivity index (χ1) is 10.9. The van der Waals surface area contributed by atoms with Crippen LogP contribution in [0.25, 0.3) is 0 Å². The average molecular weight is 330 g/mol. The Balaban J connectivity index is 1.50. The summed E-state index contributed by atoms with van der Waals surface area (Å²) in [6.07, 6.45) is 4.10. The van der Waals surface area contributed by atoms with Gasteiger partial charge in [0, 0.05) is 30.9 Å². The van der Waals surface area contributed by atoms with Crippen LogP contribution in [0, 0.1) is 5.92 Å². The van der Waals surface area contributed by atoms with Crippen LogP contribution in [0.3, 0.4) is 0 Å². The number of halogens is 3. The molecule has 0 unspecified atom stereocenters. The van der Waals surface area contributed by atoms with Crippen molar-refractivity contribution in [1.29, 1.82) is 0 Å². The van der Waals surface area contributed by atoms with E-state index in [4.69, 9.17) is 0 Å². The Morgan fingerprint density at radius 3 is 2.74 bits per heavy atom. The summed E-state index contributed by atoms with van der Waals surface area (Å²) in [5.41, 5.74) is 0.571. The van der Waals surface area contributed by atoms with Gasteiger partial charge in [-0.1, -0.05) is 6.42 Å². The lowest BCUT2D eigenvalue weighted by molar-refractivity contribution is -0.142. The van der Waals surface area contributed by atoms with Crippen molar-refractivity contribution < 1.29 is 18.0 Å². The number of nitrogens with zero attached hydrogens (tertiary/aromatic N) is 3. The standard InChI is InChI=1S/C15H21F3N4O/c16-15(17,18)10-21-9-11(8-20-21)7-19-14(23)22-6-2-5-13(22)12-3-1-4-12/h8-9,12-13H,1-7,10H2,(H,19,23)/t13-/m0/s1. The number of carbonyl (C=O) groups is 1. The molecule has 3 rings (SSSR count). The number of urea groups is 1. The van der Waals surface area contributed by atoms with E-state index in [1.807, 2.05) is 4.90 Å². The topological polar surface area (TPSA) is 50.2 Å². The molecule has 2 amide bonds. The third kappa shape index (κ3) is 3.97. The van der Waals surface area contributed by atoms with Crippen LogP contribution in [0.1, 0.15) is 37.7 Å². The summed E-state index contributed by atoms with van der Waals surface area (Å²) >= 11 is 0. The number of nitrogens with one attached hydrogen (secondary N) is 1. The number of hydrogen-bond donors (Lipinski definition) is 1. The molecule has 1 saturated heterocycles. The molecule has 2 heterocycles. The zero-order valence-electron chi connectivity index (χ0n) is 12.9. The van der Waals surface area contributed by atoms with Gasteiger partial charge in [-0.3, -0.25) is 4.68 Å². The lowest BCUT2D eigenvalue weighted by Crippen LogP contribution is -2.46. The maximum absolute atomic E-state index is 12.3. The Kier molecular flexibility index (Phi) is 4.50. The second kappa shape index (κ2) is 6.41. The minimum atomic E-state index is -4.29. The summed E-state index contributed by atoms with van der Waals surface area (Å²) in [5, 5.41) is 6.48.